The lowest BCUT2D eigenvalue weighted by molar-refractivity contribution is -0.192. The summed E-state index contributed by atoms with van der Waals surface area (Å²) in [5, 5.41) is 0. The van der Waals surface area contributed by atoms with Crippen LogP contribution in [0.25, 0.3) is 11.1 Å². The lowest BCUT2D eigenvalue weighted by Gasteiger charge is -2.34. The number of ether oxygens (including phenoxy) is 1. The average Bonchev–Trinajstić information content (AvgIpc) is 3.55. The predicted octanol–water partition coefficient (Wildman–Crippen LogP) is 4.99. The van der Waals surface area contributed by atoms with E-state index in [4.69, 9.17) is 4.74 Å². The third kappa shape index (κ3) is 4.67. The molecule has 0 unspecified atom stereocenters. The number of carbonyl (C=O) groups excluding carboxylic acids is 1. The molecule has 4 nitrogen and oxygen atoms in total. The number of hydrogen-bond acceptors (Lipinski definition) is 4. The van der Waals surface area contributed by atoms with Gasteiger partial charge in [0.25, 0.3) is 0 Å². The van der Waals surface area contributed by atoms with E-state index in [2.05, 4.69) is 4.98 Å². The first kappa shape index (κ1) is 20.8. The van der Waals surface area contributed by atoms with Crippen LogP contribution in [0.2, 0.25) is 0 Å². The van der Waals surface area contributed by atoms with E-state index in [-0.39, 0.29) is 19.4 Å². The third-order valence-corrected chi connectivity index (χ3v) is 6.27. The molecule has 2 aromatic rings. The van der Waals surface area contributed by atoms with Crippen LogP contribution in [0.1, 0.15) is 36.0 Å². The van der Waals surface area contributed by atoms with E-state index in [0.29, 0.717) is 37.1 Å². The summed E-state index contributed by atoms with van der Waals surface area (Å²) in [5.41, 5.74) is 1.09. The molecule has 30 heavy (non-hydrogen) atoms. The maximum atomic E-state index is 13.1. The van der Waals surface area contributed by atoms with Crippen molar-refractivity contribution in [2.75, 3.05) is 26.2 Å². The Morgan fingerprint density at radius 2 is 1.73 bits per heavy atom. The standard InChI is InChI=1S/C23H25F3N2O2/c24-23(25,26)22(9-10-22)16-28-11-7-18(8-12-28)15-30-21-6-5-20(13-27-21)19-3-1-17(14-29)2-4-19/h1-6,13-14,18H,7-12,15-16H2. The summed E-state index contributed by atoms with van der Waals surface area (Å²) < 4.78 is 45.2. The molecule has 0 amide bonds. The number of aromatic nitrogens is 1. The average molecular weight is 418 g/mol. The zero-order valence-corrected chi connectivity index (χ0v) is 16.7. The number of hydrogen-bond donors (Lipinski definition) is 0. The summed E-state index contributed by atoms with van der Waals surface area (Å²) in [6.07, 6.45) is 0.681. The van der Waals surface area contributed by atoms with Gasteiger partial charge in [0, 0.05) is 29.9 Å². The van der Waals surface area contributed by atoms with Crippen LogP contribution in [0, 0.1) is 11.3 Å². The molecular formula is C23H25F3N2O2. The van der Waals surface area contributed by atoms with Crippen molar-refractivity contribution in [2.24, 2.45) is 11.3 Å². The highest BCUT2D eigenvalue weighted by atomic mass is 19.4. The summed E-state index contributed by atoms with van der Waals surface area (Å²) in [4.78, 5) is 17.1. The lowest BCUT2D eigenvalue weighted by Crippen LogP contribution is -2.43. The van der Waals surface area contributed by atoms with Gasteiger partial charge in [0.1, 0.15) is 6.29 Å². The summed E-state index contributed by atoms with van der Waals surface area (Å²) in [7, 11) is 0. The molecule has 1 saturated heterocycles. The van der Waals surface area contributed by atoms with E-state index in [1.807, 2.05) is 29.2 Å². The van der Waals surface area contributed by atoms with Crippen molar-refractivity contribution in [3.8, 4) is 17.0 Å². The minimum atomic E-state index is -4.08. The number of aldehydes is 1. The molecule has 0 N–H and O–H groups in total. The van der Waals surface area contributed by atoms with Gasteiger partial charge in [-0.25, -0.2) is 4.98 Å². The van der Waals surface area contributed by atoms with Crippen molar-refractivity contribution in [3.63, 3.8) is 0 Å². The number of halogens is 3. The van der Waals surface area contributed by atoms with Crippen molar-refractivity contribution < 1.29 is 22.7 Å². The number of rotatable bonds is 7. The fourth-order valence-corrected chi connectivity index (χ4v) is 4.02. The highest BCUT2D eigenvalue weighted by Gasteiger charge is 2.63. The molecule has 0 spiro atoms. The Balaban J connectivity index is 1.23. The summed E-state index contributed by atoms with van der Waals surface area (Å²) >= 11 is 0. The number of carbonyl (C=O) groups is 1. The second-order valence-electron chi connectivity index (χ2n) is 8.43. The van der Waals surface area contributed by atoms with Gasteiger partial charge in [-0.1, -0.05) is 24.3 Å². The molecule has 1 aliphatic heterocycles. The van der Waals surface area contributed by atoms with Crippen LogP contribution in [0.5, 0.6) is 5.88 Å². The van der Waals surface area contributed by atoms with E-state index in [1.54, 1.807) is 18.3 Å². The Kier molecular flexibility index (Phi) is 5.82. The number of alkyl halides is 3. The molecular weight excluding hydrogens is 393 g/mol. The smallest absolute Gasteiger partial charge is 0.395 e. The molecule has 4 rings (SSSR count). The van der Waals surface area contributed by atoms with Crippen molar-refractivity contribution in [3.05, 3.63) is 48.2 Å². The Morgan fingerprint density at radius 1 is 1.07 bits per heavy atom. The zero-order valence-electron chi connectivity index (χ0n) is 16.7. The Labute approximate surface area is 174 Å². The van der Waals surface area contributed by atoms with Crippen LogP contribution in [0.3, 0.4) is 0 Å². The van der Waals surface area contributed by atoms with Gasteiger partial charge in [-0.05, 0) is 56.3 Å². The van der Waals surface area contributed by atoms with Gasteiger partial charge in [-0.3, -0.25) is 4.79 Å². The number of nitrogens with zero attached hydrogens (tertiary/aromatic N) is 2. The number of benzene rings is 1. The molecule has 0 atom stereocenters. The van der Waals surface area contributed by atoms with Gasteiger partial charge >= 0.3 is 6.18 Å². The molecule has 7 heteroatoms. The number of pyridine rings is 1. The molecule has 0 radical (unpaired) electrons. The van der Waals surface area contributed by atoms with Gasteiger partial charge in [0.05, 0.1) is 12.0 Å². The first-order valence-electron chi connectivity index (χ1n) is 10.3. The highest BCUT2D eigenvalue weighted by Crippen LogP contribution is 2.58. The summed E-state index contributed by atoms with van der Waals surface area (Å²) in [5.74, 6) is 0.874. The van der Waals surface area contributed by atoms with Crippen molar-refractivity contribution in [2.45, 2.75) is 31.9 Å². The van der Waals surface area contributed by atoms with Gasteiger partial charge < -0.3 is 9.64 Å². The lowest BCUT2D eigenvalue weighted by atomic mass is 9.96. The molecule has 2 aliphatic rings. The fraction of sp³-hybridized carbons (Fsp3) is 0.478. The maximum Gasteiger partial charge on any atom is 0.395 e. The van der Waals surface area contributed by atoms with Crippen LogP contribution in [-0.2, 0) is 0 Å². The van der Waals surface area contributed by atoms with Crippen LogP contribution in [-0.4, -0.2) is 48.6 Å². The van der Waals surface area contributed by atoms with Crippen molar-refractivity contribution >= 4 is 6.29 Å². The van der Waals surface area contributed by atoms with Gasteiger partial charge in [0.2, 0.25) is 5.88 Å². The molecule has 0 bridgehead atoms. The van der Waals surface area contributed by atoms with E-state index in [0.717, 1.165) is 30.3 Å². The topological polar surface area (TPSA) is 42.4 Å². The first-order valence-corrected chi connectivity index (χ1v) is 10.3. The molecule has 2 fully saturated rings. The number of piperidine rings is 1. The second-order valence-corrected chi connectivity index (χ2v) is 8.43. The number of likely N-dealkylation sites (tertiary alicyclic amines) is 1. The fourth-order valence-electron chi connectivity index (χ4n) is 4.02. The summed E-state index contributed by atoms with van der Waals surface area (Å²) in [6.45, 7) is 2.05. The maximum absolute atomic E-state index is 13.1. The van der Waals surface area contributed by atoms with Crippen LogP contribution in [0.4, 0.5) is 13.2 Å². The Bertz CT molecular complexity index is 854. The zero-order chi connectivity index (χ0) is 21.2. The largest absolute Gasteiger partial charge is 0.477 e. The Morgan fingerprint density at radius 3 is 2.27 bits per heavy atom. The molecule has 1 aliphatic carbocycles. The monoisotopic (exact) mass is 418 g/mol. The normalized spacial score (nSPS) is 19.4. The van der Waals surface area contributed by atoms with E-state index in [1.165, 1.54) is 0 Å². The van der Waals surface area contributed by atoms with E-state index in [9.17, 15) is 18.0 Å². The molecule has 160 valence electrons. The van der Waals surface area contributed by atoms with Crippen molar-refractivity contribution in [1.29, 1.82) is 0 Å². The Hall–Kier alpha value is -2.41. The highest BCUT2D eigenvalue weighted by molar-refractivity contribution is 5.76. The van der Waals surface area contributed by atoms with Gasteiger partial charge in [-0.2, -0.15) is 13.2 Å². The molecule has 1 aromatic heterocycles. The first-order chi connectivity index (χ1) is 14.4. The van der Waals surface area contributed by atoms with Crippen molar-refractivity contribution in [1.82, 2.24) is 9.88 Å². The van der Waals surface area contributed by atoms with E-state index >= 15 is 0 Å². The van der Waals surface area contributed by atoms with Crippen LogP contribution in [0.15, 0.2) is 42.6 Å². The molecule has 1 saturated carbocycles. The third-order valence-electron chi connectivity index (χ3n) is 6.27. The molecule has 2 heterocycles. The van der Waals surface area contributed by atoms with Gasteiger partial charge in [-0.15, -0.1) is 0 Å². The minimum absolute atomic E-state index is 0.140. The van der Waals surface area contributed by atoms with Gasteiger partial charge in [0.15, 0.2) is 0 Å². The minimum Gasteiger partial charge on any atom is -0.477 e. The van der Waals surface area contributed by atoms with E-state index < -0.39 is 11.6 Å². The predicted molar refractivity (Wildman–Crippen MR) is 107 cm³/mol. The molecule has 1 aromatic carbocycles. The van der Waals surface area contributed by atoms with Crippen LogP contribution < -0.4 is 4.74 Å². The quantitative estimate of drug-likeness (QED) is 0.594. The summed E-state index contributed by atoms with van der Waals surface area (Å²) in [6, 6.07) is 11.0. The SMILES string of the molecule is O=Cc1ccc(-c2ccc(OCC3CCN(CC4(C(F)(F)F)CC4)CC3)nc2)cc1. The van der Waals surface area contributed by atoms with Crippen LogP contribution >= 0.6 is 0 Å². The second kappa shape index (κ2) is 8.38.